The first kappa shape index (κ1) is 14.0. The average molecular weight is 291 g/mol. The van der Waals surface area contributed by atoms with Crippen molar-refractivity contribution in [3.05, 3.63) is 58.9 Å². The predicted octanol–water partition coefficient (Wildman–Crippen LogP) is 2.46. The molecule has 102 valence electrons. The number of hydrogen-bond acceptors (Lipinski definition) is 4. The molecule has 0 saturated carbocycles. The summed E-state index contributed by atoms with van der Waals surface area (Å²) in [5, 5.41) is 11.5. The van der Waals surface area contributed by atoms with E-state index in [9.17, 15) is 9.59 Å². The zero-order valence-electron chi connectivity index (χ0n) is 10.3. The molecule has 0 radical (unpaired) electrons. The van der Waals surface area contributed by atoms with E-state index in [1.807, 2.05) is 0 Å². The summed E-state index contributed by atoms with van der Waals surface area (Å²) in [6, 6.07) is 11.6. The summed E-state index contributed by atoms with van der Waals surface area (Å²) in [5.41, 5.74) is 0.899. The third kappa shape index (κ3) is 3.33. The molecule has 1 aromatic heterocycles. The molecule has 2 N–H and O–H groups in total. The zero-order valence-corrected chi connectivity index (χ0v) is 11.1. The van der Waals surface area contributed by atoms with Gasteiger partial charge in [0, 0.05) is 5.56 Å². The number of anilines is 1. The van der Waals surface area contributed by atoms with E-state index >= 15 is 0 Å². The van der Waals surface area contributed by atoms with Gasteiger partial charge >= 0.3 is 5.97 Å². The normalized spacial score (nSPS) is 10.1. The highest BCUT2D eigenvalue weighted by molar-refractivity contribution is 6.29. The van der Waals surface area contributed by atoms with E-state index in [1.54, 1.807) is 30.3 Å². The van der Waals surface area contributed by atoms with Gasteiger partial charge in [0.05, 0.1) is 5.69 Å². The Kier molecular flexibility index (Phi) is 4.32. The minimum absolute atomic E-state index is 0.102. The molecule has 5 nitrogen and oxygen atoms in total. The standard InChI is InChI=1S/C14H11ClN2O3/c15-11-7-6-10(16-8-12(18)19)13(17-11)14(20)9-4-2-1-3-5-9/h1-7,16H,8H2,(H,18,19). The summed E-state index contributed by atoms with van der Waals surface area (Å²) < 4.78 is 0. The number of carboxylic acids is 1. The number of nitrogens with one attached hydrogen (secondary N) is 1. The van der Waals surface area contributed by atoms with Gasteiger partial charge in [0.25, 0.3) is 0 Å². The number of pyridine rings is 1. The Labute approximate surface area is 120 Å². The molecule has 0 unspecified atom stereocenters. The number of carboxylic acid groups (broad SMARTS) is 1. The number of aromatic nitrogens is 1. The summed E-state index contributed by atoms with van der Waals surface area (Å²) in [4.78, 5) is 26.9. The van der Waals surface area contributed by atoms with Crippen LogP contribution < -0.4 is 5.32 Å². The number of carbonyl (C=O) groups excluding carboxylic acids is 1. The summed E-state index contributed by atoms with van der Waals surface area (Å²) in [6.45, 7) is -0.307. The molecule has 1 aromatic carbocycles. The lowest BCUT2D eigenvalue weighted by Gasteiger charge is -2.09. The molecule has 0 aliphatic carbocycles. The van der Waals surface area contributed by atoms with E-state index in [4.69, 9.17) is 16.7 Å². The molecule has 1 heterocycles. The van der Waals surface area contributed by atoms with Gasteiger partial charge in [0.2, 0.25) is 5.78 Å². The number of halogens is 1. The molecule has 6 heteroatoms. The van der Waals surface area contributed by atoms with Crippen molar-refractivity contribution in [3.63, 3.8) is 0 Å². The molecule has 0 aliphatic rings. The molecule has 0 amide bonds. The minimum atomic E-state index is -1.03. The summed E-state index contributed by atoms with van der Waals surface area (Å²) >= 11 is 5.80. The van der Waals surface area contributed by atoms with E-state index in [0.29, 0.717) is 11.3 Å². The maximum Gasteiger partial charge on any atom is 0.322 e. The van der Waals surface area contributed by atoms with Crippen LogP contribution in [0.5, 0.6) is 0 Å². The van der Waals surface area contributed by atoms with E-state index < -0.39 is 5.97 Å². The largest absolute Gasteiger partial charge is 0.480 e. The Morgan fingerprint density at radius 2 is 1.85 bits per heavy atom. The lowest BCUT2D eigenvalue weighted by atomic mass is 10.1. The van der Waals surface area contributed by atoms with Crippen LogP contribution in [-0.4, -0.2) is 28.4 Å². The highest BCUT2D eigenvalue weighted by Gasteiger charge is 2.16. The highest BCUT2D eigenvalue weighted by atomic mass is 35.5. The quantitative estimate of drug-likeness (QED) is 0.653. The topological polar surface area (TPSA) is 79.3 Å². The van der Waals surface area contributed by atoms with Gasteiger partial charge in [-0.25, -0.2) is 4.98 Å². The van der Waals surface area contributed by atoms with Crippen LogP contribution in [0.25, 0.3) is 0 Å². The molecule has 0 bridgehead atoms. The van der Waals surface area contributed by atoms with Gasteiger partial charge in [-0.2, -0.15) is 0 Å². The fraction of sp³-hybridized carbons (Fsp3) is 0.0714. The Morgan fingerprint density at radius 3 is 2.50 bits per heavy atom. The fourth-order valence-corrected chi connectivity index (χ4v) is 1.80. The van der Waals surface area contributed by atoms with E-state index in [0.717, 1.165) is 0 Å². The monoisotopic (exact) mass is 290 g/mol. The first-order valence-corrected chi connectivity index (χ1v) is 6.17. The summed E-state index contributed by atoms with van der Waals surface area (Å²) in [5.74, 6) is -1.35. The summed E-state index contributed by atoms with van der Waals surface area (Å²) in [6.07, 6.45) is 0. The summed E-state index contributed by atoms with van der Waals surface area (Å²) in [7, 11) is 0. The van der Waals surface area contributed by atoms with Crippen LogP contribution in [0.3, 0.4) is 0 Å². The second-order valence-corrected chi connectivity index (χ2v) is 4.36. The van der Waals surface area contributed by atoms with Gasteiger partial charge in [0.15, 0.2) is 0 Å². The third-order valence-electron chi connectivity index (χ3n) is 2.54. The first-order chi connectivity index (χ1) is 9.58. The average Bonchev–Trinajstić information content (AvgIpc) is 2.46. The van der Waals surface area contributed by atoms with Crippen molar-refractivity contribution in [2.24, 2.45) is 0 Å². The van der Waals surface area contributed by atoms with Crippen LogP contribution in [0.1, 0.15) is 16.1 Å². The van der Waals surface area contributed by atoms with Crippen molar-refractivity contribution < 1.29 is 14.7 Å². The van der Waals surface area contributed by atoms with Crippen LogP contribution in [-0.2, 0) is 4.79 Å². The van der Waals surface area contributed by atoms with Gasteiger partial charge in [-0.15, -0.1) is 0 Å². The molecule has 0 fully saturated rings. The maximum absolute atomic E-state index is 12.4. The lowest BCUT2D eigenvalue weighted by molar-refractivity contribution is -0.134. The fourth-order valence-electron chi connectivity index (χ4n) is 1.65. The second kappa shape index (κ2) is 6.16. The van der Waals surface area contributed by atoms with Crippen molar-refractivity contribution >= 4 is 29.0 Å². The van der Waals surface area contributed by atoms with Crippen molar-refractivity contribution in [3.8, 4) is 0 Å². The molecule has 0 saturated heterocycles. The van der Waals surface area contributed by atoms with E-state index in [1.165, 1.54) is 12.1 Å². The van der Waals surface area contributed by atoms with Crippen LogP contribution in [0.2, 0.25) is 5.15 Å². The van der Waals surface area contributed by atoms with E-state index in [-0.39, 0.29) is 23.2 Å². The number of nitrogens with zero attached hydrogens (tertiary/aromatic N) is 1. The van der Waals surface area contributed by atoms with Crippen LogP contribution in [0.15, 0.2) is 42.5 Å². The van der Waals surface area contributed by atoms with Gasteiger partial charge in [0.1, 0.15) is 17.4 Å². The van der Waals surface area contributed by atoms with Gasteiger partial charge in [-0.1, -0.05) is 41.9 Å². The molecule has 0 spiro atoms. The SMILES string of the molecule is O=C(O)CNc1ccc(Cl)nc1C(=O)c1ccccc1. The molecule has 2 rings (SSSR count). The Bertz CT molecular complexity index is 644. The Balaban J connectivity index is 2.36. The lowest BCUT2D eigenvalue weighted by Crippen LogP contribution is -2.16. The van der Waals surface area contributed by atoms with Gasteiger partial charge in [-0.05, 0) is 12.1 Å². The number of rotatable bonds is 5. The smallest absolute Gasteiger partial charge is 0.322 e. The second-order valence-electron chi connectivity index (χ2n) is 3.97. The molecule has 2 aromatic rings. The van der Waals surface area contributed by atoms with Gasteiger partial charge < -0.3 is 10.4 Å². The van der Waals surface area contributed by atoms with Crippen LogP contribution in [0.4, 0.5) is 5.69 Å². The number of ketones is 1. The molecular formula is C14H11ClN2O3. The minimum Gasteiger partial charge on any atom is -0.480 e. The first-order valence-electron chi connectivity index (χ1n) is 5.80. The molecule has 20 heavy (non-hydrogen) atoms. The molecule has 0 aliphatic heterocycles. The Hall–Kier alpha value is -2.40. The third-order valence-corrected chi connectivity index (χ3v) is 2.75. The number of benzene rings is 1. The number of aliphatic carboxylic acids is 1. The van der Waals surface area contributed by atoms with Gasteiger partial charge in [-0.3, -0.25) is 9.59 Å². The molecular weight excluding hydrogens is 280 g/mol. The highest BCUT2D eigenvalue weighted by Crippen LogP contribution is 2.20. The van der Waals surface area contributed by atoms with Crippen molar-refractivity contribution in [1.29, 1.82) is 0 Å². The van der Waals surface area contributed by atoms with Crippen LogP contribution >= 0.6 is 11.6 Å². The van der Waals surface area contributed by atoms with Crippen molar-refractivity contribution in [1.82, 2.24) is 4.98 Å². The van der Waals surface area contributed by atoms with E-state index in [2.05, 4.69) is 10.3 Å². The molecule has 0 atom stereocenters. The Morgan fingerprint density at radius 1 is 1.15 bits per heavy atom. The van der Waals surface area contributed by atoms with Crippen molar-refractivity contribution in [2.75, 3.05) is 11.9 Å². The zero-order chi connectivity index (χ0) is 14.5. The number of carbonyl (C=O) groups is 2. The maximum atomic E-state index is 12.4. The van der Waals surface area contributed by atoms with Crippen LogP contribution in [0, 0.1) is 0 Å². The number of hydrogen-bond donors (Lipinski definition) is 2. The predicted molar refractivity (Wildman–Crippen MR) is 75.2 cm³/mol. The van der Waals surface area contributed by atoms with Crippen molar-refractivity contribution in [2.45, 2.75) is 0 Å².